The lowest BCUT2D eigenvalue weighted by Gasteiger charge is -2.23. The Labute approximate surface area is 145 Å². The predicted molar refractivity (Wildman–Crippen MR) is 91.9 cm³/mol. The van der Waals surface area contributed by atoms with Crippen LogP contribution in [0.3, 0.4) is 0 Å². The van der Waals surface area contributed by atoms with E-state index in [4.69, 9.17) is 5.11 Å². The molecule has 2 N–H and O–H groups in total. The maximum atomic E-state index is 10.8. The van der Waals surface area contributed by atoms with Crippen molar-refractivity contribution < 1.29 is 29.1 Å². The van der Waals surface area contributed by atoms with E-state index in [1.807, 2.05) is 25.9 Å². The summed E-state index contributed by atoms with van der Waals surface area (Å²) in [5.41, 5.74) is 0. The molecule has 0 aromatic carbocycles. The number of aliphatic carboxylic acids is 2. The molecule has 8 heteroatoms. The minimum absolute atomic E-state index is 0.0694. The normalized spacial score (nSPS) is 11.2. The van der Waals surface area contributed by atoms with Crippen LogP contribution in [0.5, 0.6) is 0 Å². The molecule has 0 spiro atoms. The number of rotatable bonds is 7. The standard InChI is InChI=1S/C8H16N2O.C5H11NO2.C3H6O2/c1-5-7(10(3)4)9-8(11)6-2;1-6(2,3)4-5(7)8;1-2-3(4)5/h6-7H,2,5H2,1,3-4H3,(H,9,11);4H2,1-3H3;2H2,1H3,(H,4,5). The van der Waals surface area contributed by atoms with Crippen LogP contribution < -0.4 is 10.4 Å². The van der Waals surface area contributed by atoms with Crippen molar-refractivity contribution in [2.75, 3.05) is 41.8 Å². The summed E-state index contributed by atoms with van der Waals surface area (Å²) >= 11 is 0. The number of amides is 1. The topological polar surface area (TPSA) is 110 Å². The van der Waals surface area contributed by atoms with Gasteiger partial charge >= 0.3 is 5.97 Å². The molecule has 0 saturated carbocycles. The van der Waals surface area contributed by atoms with Gasteiger partial charge in [-0.2, -0.15) is 0 Å². The van der Waals surface area contributed by atoms with Gasteiger partial charge in [0.05, 0.1) is 33.3 Å². The van der Waals surface area contributed by atoms with E-state index in [1.165, 1.54) is 6.08 Å². The molecule has 1 amide bonds. The molecule has 0 aliphatic rings. The van der Waals surface area contributed by atoms with Crippen LogP contribution in [0.2, 0.25) is 0 Å². The Morgan fingerprint density at radius 2 is 1.67 bits per heavy atom. The monoisotopic (exact) mass is 347 g/mol. The minimum atomic E-state index is -1.00. The molecular weight excluding hydrogens is 314 g/mol. The van der Waals surface area contributed by atoms with Gasteiger partial charge in [-0.05, 0) is 26.6 Å². The first-order valence-corrected chi connectivity index (χ1v) is 7.62. The van der Waals surface area contributed by atoms with Gasteiger partial charge in [0.15, 0.2) is 0 Å². The van der Waals surface area contributed by atoms with Gasteiger partial charge in [0.1, 0.15) is 6.54 Å². The third-order valence-electron chi connectivity index (χ3n) is 2.41. The highest BCUT2D eigenvalue weighted by molar-refractivity contribution is 5.87. The molecule has 24 heavy (non-hydrogen) atoms. The Morgan fingerprint density at radius 1 is 1.25 bits per heavy atom. The minimum Gasteiger partial charge on any atom is -0.544 e. The SMILES string of the molecule is C=CC(=O)NC(CC)N(C)C.CCC(=O)O.C[N+](C)(C)CC(=O)[O-]. The van der Waals surface area contributed by atoms with Crippen LogP contribution >= 0.6 is 0 Å². The number of carbonyl (C=O) groups excluding carboxylic acids is 2. The molecule has 8 nitrogen and oxygen atoms in total. The van der Waals surface area contributed by atoms with Crippen LogP contribution in [0.4, 0.5) is 0 Å². The van der Waals surface area contributed by atoms with Gasteiger partial charge in [0, 0.05) is 6.42 Å². The summed E-state index contributed by atoms with van der Waals surface area (Å²) in [5.74, 6) is -1.87. The van der Waals surface area contributed by atoms with Gasteiger partial charge < -0.3 is 24.8 Å². The first-order chi connectivity index (χ1) is 10.8. The van der Waals surface area contributed by atoms with Crippen molar-refractivity contribution in [3.05, 3.63) is 12.7 Å². The van der Waals surface area contributed by atoms with E-state index in [-0.39, 0.29) is 25.0 Å². The van der Waals surface area contributed by atoms with E-state index < -0.39 is 11.9 Å². The third-order valence-corrected chi connectivity index (χ3v) is 2.41. The smallest absolute Gasteiger partial charge is 0.303 e. The number of carboxylic acids is 2. The highest BCUT2D eigenvalue weighted by Crippen LogP contribution is 1.93. The number of hydrogen-bond acceptors (Lipinski definition) is 5. The first kappa shape index (κ1) is 26.9. The van der Waals surface area contributed by atoms with Crippen molar-refractivity contribution >= 4 is 17.8 Å². The van der Waals surface area contributed by atoms with Crippen molar-refractivity contribution in [1.82, 2.24) is 10.2 Å². The second-order valence-electron chi connectivity index (χ2n) is 6.17. The Kier molecular flexibility index (Phi) is 16.4. The second-order valence-corrected chi connectivity index (χ2v) is 6.17. The largest absolute Gasteiger partial charge is 0.544 e. The van der Waals surface area contributed by atoms with Crippen molar-refractivity contribution in [3.8, 4) is 0 Å². The highest BCUT2D eigenvalue weighted by Gasteiger charge is 2.08. The molecule has 142 valence electrons. The van der Waals surface area contributed by atoms with Crippen LogP contribution in [0, 0.1) is 0 Å². The molecule has 0 radical (unpaired) electrons. The average molecular weight is 347 g/mol. The van der Waals surface area contributed by atoms with E-state index in [0.29, 0.717) is 4.48 Å². The van der Waals surface area contributed by atoms with E-state index >= 15 is 0 Å². The van der Waals surface area contributed by atoms with Crippen LogP contribution in [0.25, 0.3) is 0 Å². The van der Waals surface area contributed by atoms with E-state index in [1.54, 1.807) is 28.1 Å². The van der Waals surface area contributed by atoms with Gasteiger partial charge in [-0.1, -0.05) is 20.4 Å². The summed E-state index contributed by atoms with van der Waals surface area (Å²) in [4.78, 5) is 32.0. The summed E-state index contributed by atoms with van der Waals surface area (Å²) in [6, 6.07) is 0. The molecule has 0 aromatic heterocycles. The Bertz CT molecular complexity index is 390. The van der Waals surface area contributed by atoms with E-state index in [0.717, 1.165) is 6.42 Å². The van der Waals surface area contributed by atoms with Crippen molar-refractivity contribution in [2.45, 2.75) is 32.9 Å². The van der Waals surface area contributed by atoms with Gasteiger partial charge in [0.2, 0.25) is 5.91 Å². The van der Waals surface area contributed by atoms with Crippen LogP contribution in [-0.4, -0.2) is 80.3 Å². The lowest BCUT2D eigenvalue weighted by molar-refractivity contribution is -0.864. The van der Waals surface area contributed by atoms with Crippen molar-refractivity contribution in [1.29, 1.82) is 0 Å². The van der Waals surface area contributed by atoms with E-state index in [9.17, 15) is 19.5 Å². The first-order valence-electron chi connectivity index (χ1n) is 7.62. The fourth-order valence-corrected chi connectivity index (χ4v) is 1.21. The van der Waals surface area contributed by atoms with Crippen LogP contribution in [0.1, 0.15) is 26.7 Å². The number of quaternary nitrogens is 1. The zero-order chi connectivity index (χ0) is 19.9. The van der Waals surface area contributed by atoms with Crippen LogP contribution in [-0.2, 0) is 14.4 Å². The maximum Gasteiger partial charge on any atom is 0.303 e. The number of likely N-dealkylation sites (N-methyl/N-ethyl adjacent to an activating group) is 1. The van der Waals surface area contributed by atoms with Gasteiger partial charge in [-0.25, -0.2) is 0 Å². The van der Waals surface area contributed by atoms with Crippen molar-refractivity contribution in [2.24, 2.45) is 0 Å². The summed E-state index contributed by atoms with van der Waals surface area (Å²) in [7, 11) is 9.26. The fourth-order valence-electron chi connectivity index (χ4n) is 1.21. The number of hydrogen-bond donors (Lipinski definition) is 2. The maximum absolute atomic E-state index is 10.8. The lowest BCUT2D eigenvalue weighted by atomic mass is 10.3. The highest BCUT2D eigenvalue weighted by atomic mass is 16.4. The average Bonchev–Trinajstić information content (AvgIpc) is 2.42. The third kappa shape index (κ3) is 25.0. The summed E-state index contributed by atoms with van der Waals surface area (Å²) in [5, 5.41) is 20.4. The summed E-state index contributed by atoms with van der Waals surface area (Å²) in [6.07, 6.45) is 2.51. The molecule has 0 aliphatic carbocycles. The molecule has 0 bridgehead atoms. The second kappa shape index (κ2) is 14.6. The van der Waals surface area contributed by atoms with Gasteiger partial charge in [-0.3, -0.25) is 14.5 Å². The molecular formula is C16H33N3O5. The Morgan fingerprint density at radius 3 is 1.79 bits per heavy atom. The summed E-state index contributed by atoms with van der Waals surface area (Å²) < 4.78 is 0.419. The quantitative estimate of drug-likeness (QED) is 0.365. The zero-order valence-corrected chi connectivity index (χ0v) is 16.0. The molecule has 0 aromatic rings. The number of carbonyl (C=O) groups is 3. The molecule has 1 unspecified atom stereocenters. The van der Waals surface area contributed by atoms with Crippen molar-refractivity contribution in [3.63, 3.8) is 0 Å². The van der Waals surface area contributed by atoms with Crippen LogP contribution in [0.15, 0.2) is 12.7 Å². The van der Waals surface area contributed by atoms with Gasteiger partial charge in [0.25, 0.3) is 0 Å². The number of carboxylic acid groups (broad SMARTS) is 2. The molecule has 0 rings (SSSR count). The summed E-state index contributed by atoms with van der Waals surface area (Å²) in [6.45, 7) is 7.07. The number of nitrogens with zero attached hydrogens (tertiary/aromatic N) is 2. The fraction of sp³-hybridized carbons (Fsp3) is 0.688. The number of nitrogens with one attached hydrogen (secondary N) is 1. The molecule has 0 heterocycles. The molecule has 0 aliphatic heterocycles. The molecule has 0 saturated heterocycles. The van der Waals surface area contributed by atoms with E-state index in [2.05, 4.69) is 11.9 Å². The lowest BCUT2D eigenvalue weighted by Crippen LogP contribution is -2.45. The Hall–Kier alpha value is -1.93. The molecule has 0 fully saturated rings. The Balaban J connectivity index is -0.000000298. The molecule has 1 atom stereocenters. The predicted octanol–water partition coefficient (Wildman–Crippen LogP) is -0.490. The zero-order valence-electron chi connectivity index (χ0n) is 16.0. The van der Waals surface area contributed by atoms with Gasteiger partial charge in [-0.15, -0.1) is 0 Å².